The first-order valence-electron chi connectivity index (χ1n) is 8.10. The van der Waals surface area contributed by atoms with Crippen LogP contribution in [0.4, 0.5) is 0 Å². The molecule has 0 aromatic heterocycles. The number of benzene rings is 1. The number of hydrogen-bond donors (Lipinski definition) is 2. The molecule has 0 bridgehead atoms. The molecule has 1 amide bonds. The van der Waals surface area contributed by atoms with Crippen molar-refractivity contribution in [3.8, 4) is 0 Å². The fourth-order valence-electron chi connectivity index (χ4n) is 2.68. The maximum absolute atomic E-state index is 12.0. The van der Waals surface area contributed by atoms with E-state index in [1.54, 1.807) is 13.1 Å². The minimum Gasteiger partial charge on any atom is -0.352 e. The topological polar surface area (TPSA) is 56.7 Å². The molecule has 0 spiro atoms. The molecule has 1 fully saturated rings. The van der Waals surface area contributed by atoms with Crippen molar-refractivity contribution < 1.29 is 4.79 Å². The third-order valence-electron chi connectivity index (χ3n) is 4.02. The van der Waals surface area contributed by atoms with Crippen molar-refractivity contribution >= 4 is 59.0 Å². The second-order valence-corrected chi connectivity index (χ2v) is 7.07. The lowest BCUT2D eigenvalue weighted by Gasteiger charge is -2.20. The van der Waals surface area contributed by atoms with Gasteiger partial charge < -0.3 is 15.5 Å². The number of aliphatic imine (C=N–C) groups is 1. The number of amides is 1. The van der Waals surface area contributed by atoms with Crippen LogP contribution in [0, 0.1) is 5.92 Å². The highest BCUT2D eigenvalue weighted by Gasteiger charge is 2.27. The lowest BCUT2D eigenvalue weighted by Crippen LogP contribution is -2.45. The zero-order valence-electron chi connectivity index (χ0n) is 14.7. The first-order valence-corrected chi connectivity index (χ1v) is 8.86. The van der Waals surface area contributed by atoms with Crippen molar-refractivity contribution in [3.63, 3.8) is 0 Å². The van der Waals surface area contributed by atoms with Gasteiger partial charge in [0.2, 0.25) is 5.91 Å². The predicted molar refractivity (Wildman–Crippen MR) is 115 cm³/mol. The standard InChI is InChI=1S/C17H24Cl2N4O.HI/c1-11(2)16(24)23-7-6-14(10-23)22-17(20-3)21-9-12-4-5-13(18)8-15(12)19;/h4-5,8,11,14H,6-7,9-10H2,1-3H3,(H2,20,21,22);1H. The first kappa shape index (κ1) is 22.3. The molecule has 1 heterocycles. The van der Waals surface area contributed by atoms with Crippen LogP contribution >= 0.6 is 47.2 Å². The van der Waals surface area contributed by atoms with E-state index in [0.717, 1.165) is 18.5 Å². The van der Waals surface area contributed by atoms with Crippen LogP contribution in [0.3, 0.4) is 0 Å². The molecule has 0 aliphatic carbocycles. The Bertz CT molecular complexity index is 625. The largest absolute Gasteiger partial charge is 0.352 e. The van der Waals surface area contributed by atoms with Gasteiger partial charge >= 0.3 is 0 Å². The Morgan fingerprint density at radius 1 is 1.40 bits per heavy atom. The normalized spacial score (nSPS) is 17.4. The lowest BCUT2D eigenvalue weighted by atomic mass is 10.2. The Labute approximate surface area is 176 Å². The highest BCUT2D eigenvalue weighted by Crippen LogP contribution is 2.20. The molecule has 5 nitrogen and oxygen atoms in total. The molecule has 0 saturated carbocycles. The number of nitrogens with zero attached hydrogens (tertiary/aromatic N) is 2. The van der Waals surface area contributed by atoms with E-state index in [0.29, 0.717) is 29.1 Å². The highest BCUT2D eigenvalue weighted by molar-refractivity contribution is 14.0. The van der Waals surface area contributed by atoms with Gasteiger partial charge in [-0.3, -0.25) is 9.79 Å². The van der Waals surface area contributed by atoms with Crippen LogP contribution < -0.4 is 10.6 Å². The molecule has 8 heteroatoms. The first-order chi connectivity index (χ1) is 11.4. The maximum atomic E-state index is 12.0. The predicted octanol–water partition coefficient (Wildman–Crippen LogP) is 3.53. The lowest BCUT2D eigenvalue weighted by molar-refractivity contribution is -0.133. The molecule has 1 aromatic rings. The number of hydrogen-bond acceptors (Lipinski definition) is 2. The summed E-state index contributed by atoms with van der Waals surface area (Å²) in [4.78, 5) is 18.2. The summed E-state index contributed by atoms with van der Waals surface area (Å²) in [5.74, 6) is 0.938. The highest BCUT2D eigenvalue weighted by atomic mass is 127. The second-order valence-electron chi connectivity index (χ2n) is 6.23. The van der Waals surface area contributed by atoms with E-state index in [2.05, 4.69) is 15.6 Å². The molecular formula is C17H25Cl2IN4O. The average Bonchev–Trinajstić information content (AvgIpc) is 3.00. The van der Waals surface area contributed by atoms with Crippen molar-refractivity contribution in [1.29, 1.82) is 0 Å². The Kier molecular flexibility index (Phi) is 9.30. The van der Waals surface area contributed by atoms with E-state index in [9.17, 15) is 4.79 Å². The van der Waals surface area contributed by atoms with E-state index in [4.69, 9.17) is 23.2 Å². The summed E-state index contributed by atoms with van der Waals surface area (Å²) >= 11 is 12.1. The third kappa shape index (κ3) is 6.49. The number of rotatable bonds is 4. The number of likely N-dealkylation sites (tertiary alicyclic amines) is 1. The quantitative estimate of drug-likeness (QED) is 0.379. The van der Waals surface area contributed by atoms with Crippen molar-refractivity contribution in [3.05, 3.63) is 33.8 Å². The summed E-state index contributed by atoms with van der Waals surface area (Å²) in [6, 6.07) is 5.64. The van der Waals surface area contributed by atoms with Crippen molar-refractivity contribution in [2.24, 2.45) is 10.9 Å². The van der Waals surface area contributed by atoms with E-state index in [1.165, 1.54) is 0 Å². The molecule has 1 aliphatic heterocycles. The summed E-state index contributed by atoms with van der Waals surface area (Å²) in [6.45, 7) is 5.91. The SMILES string of the molecule is CN=C(NCc1ccc(Cl)cc1Cl)NC1CCN(C(=O)C(C)C)C1.I. The molecule has 1 aromatic carbocycles. The molecular weight excluding hydrogens is 474 g/mol. The molecule has 140 valence electrons. The van der Waals surface area contributed by atoms with Crippen molar-refractivity contribution in [1.82, 2.24) is 15.5 Å². The Balaban J connectivity index is 0.00000312. The minimum absolute atomic E-state index is 0. The van der Waals surface area contributed by atoms with Crippen LogP contribution in [-0.4, -0.2) is 42.9 Å². The summed E-state index contributed by atoms with van der Waals surface area (Å²) in [7, 11) is 1.73. The van der Waals surface area contributed by atoms with Gasteiger partial charge in [0.1, 0.15) is 0 Å². The van der Waals surface area contributed by atoms with Gasteiger partial charge in [0.15, 0.2) is 5.96 Å². The van der Waals surface area contributed by atoms with Gasteiger partial charge in [-0.05, 0) is 24.1 Å². The van der Waals surface area contributed by atoms with Crippen LogP contribution in [0.2, 0.25) is 10.0 Å². The number of nitrogens with one attached hydrogen (secondary N) is 2. The van der Waals surface area contributed by atoms with Crippen molar-refractivity contribution in [2.75, 3.05) is 20.1 Å². The molecule has 25 heavy (non-hydrogen) atoms. The summed E-state index contributed by atoms with van der Waals surface area (Å²) < 4.78 is 0. The molecule has 1 aliphatic rings. The number of guanidine groups is 1. The zero-order valence-corrected chi connectivity index (χ0v) is 18.5. The fraction of sp³-hybridized carbons (Fsp3) is 0.529. The van der Waals surface area contributed by atoms with Crippen LogP contribution in [0.25, 0.3) is 0 Å². The molecule has 2 N–H and O–H groups in total. The molecule has 1 unspecified atom stereocenters. The summed E-state index contributed by atoms with van der Waals surface area (Å²) in [5, 5.41) is 7.86. The Morgan fingerprint density at radius 3 is 2.72 bits per heavy atom. The minimum atomic E-state index is 0. The second kappa shape index (κ2) is 10.4. The van der Waals surface area contributed by atoms with Crippen LogP contribution in [-0.2, 0) is 11.3 Å². The average molecular weight is 499 g/mol. The van der Waals surface area contributed by atoms with E-state index in [1.807, 2.05) is 30.9 Å². The monoisotopic (exact) mass is 498 g/mol. The van der Waals surface area contributed by atoms with Gasteiger partial charge in [-0.2, -0.15) is 0 Å². The van der Waals surface area contributed by atoms with E-state index in [-0.39, 0.29) is 41.8 Å². The van der Waals surface area contributed by atoms with Gasteiger partial charge in [0.25, 0.3) is 0 Å². The van der Waals surface area contributed by atoms with Gasteiger partial charge in [-0.15, -0.1) is 24.0 Å². The van der Waals surface area contributed by atoms with Gasteiger partial charge in [-0.25, -0.2) is 0 Å². The Hall–Kier alpha value is -0.730. The van der Waals surface area contributed by atoms with Crippen LogP contribution in [0.1, 0.15) is 25.8 Å². The molecule has 1 atom stereocenters. The molecule has 2 rings (SSSR count). The van der Waals surface area contributed by atoms with Gasteiger partial charge in [0.05, 0.1) is 0 Å². The number of carbonyl (C=O) groups excluding carboxylic acids is 1. The van der Waals surface area contributed by atoms with Crippen molar-refractivity contribution in [2.45, 2.75) is 32.9 Å². The zero-order chi connectivity index (χ0) is 17.7. The number of carbonyl (C=O) groups is 1. The Morgan fingerprint density at radius 2 is 2.12 bits per heavy atom. The fourth-order valence-corrected chi connectivity index (χ4v) is 3.15. The molecule has 0 radical (unpaired) electrons. The van der Waals surface area contributed by atoms with E-state index >= 15 is 0 Å². The summed E-state index contributed by atoms with van der Waals surface area (Å²) in [5.41, 5.74) is 0.951. The maximum Gasteiger partial charge on any atom is 0.225 e. The van der Waals surface area contributed by atoms with Gasteiger partial charge in [-0.1, -0.05) is 43.1 Å². The number of halogens is 3. The van der Waals surface area contributed by atoms with E-state index < -0.39 is 0 Å². The van der Waals surface area contributed by atoms with Crippen LogP contribution in [0.15, 0.2) is 23.2 Å². The molecule has 1 saturated heterocycles. The van der Waals surface area contributed by atoms with Crippen LogP contribution in [0.5, 0.6) is 0 Å². The third-order valence-corrected chi connectivity index (χ3v) is 4.61. The smallest absolute Gasteiger partial charge is 0.225 e. The van der Waals surface area contributed by atoms with Gasteiger partial charge in [0, 0.05) is 48.7 Å². The summed E-state index contributed by atoms with van der Waals surface area (Å²) in [6.07, 6.45) is 0.918.